The topological polar surface area (TPSA) is 52.6 Å². The van der Waals surface area contributed by atoms with Gasteiger partial charge >= 0.3 is 6.09 Å². The van der Waals surface area contributed by atoms with Crippen molar-refractivity contribution in [3.05, 3.63) is 0 Å². The lowest BCUT2D eigenvalue weighted by Gasteiger charge is -2.13. The summed E-state index contributed by atoms with van der Waals surface area (Å²) in [7, 11) is 0. The van der Waals surface area contributed by atoms with Gasteiger partial charge in [-0.2, -0.15) is 0 Å². The van der Waals surface area contributed by atoms with Crippen LogP contribution < -0.4 is 5.32 Å². The highest BCUT2D eigenvalue weighted by Crippen LogP contribution is 2.06. The van der Waals surface area contributed by atoms with Crippen LogP contribution in [0.1, 0.15) is 19.3 Å². The number of nitrogens with zero attached hydrogens (tertiary/aromatic N) is 1. The Morgan fingerprint density at radius 1 is 1.42 bits per heavy atom. The van der Waals surface area contributed by atoms with Gasteiger partial charge in [0.15, 0.2) is 0 Å². The molecule has 1 saturated heterocycles. The van der Waals surface area contributed by atoms with Gasteiger partial charge in [0, 0.05) is 6.54 Å². The maximum Gasteiger partial charge on any atom is 0.404 e. The monoisotopic (exact) mass is 172 g/mol. The predicted molar refractivity (Wildman–Crippen MR) is 46.3 cm³/mol. The van der Waals surface area contributed by atoms with Gasteiger partial charge in [-0.15, -0.1) is 0 Å². The summed E-state index contributed by atoms with van der Waals surface area (Å²) in [5.74, 6) is 0. The molecular formula is C8H16N2O2. The first-order chi connectivity index (χ1) is 5.79. The van der Waals surface area contributed by atoms with Crippen molar-refractivity contribution in [3.63, 3.8) is 0 Å². The van der Waals surface area contributed by atoms with Crippen LogP contribution in [0, 0.1) is 0 Å². The molecule has 0 aromatic rings. The fraction of sp³-hybridized carbons (Fsp3) is 0.875. The van der Waals surface area contributed by atoms with Crippen molar-refractivity contribution in [2.75, 3.05) is 26.2 Å². The van der Waals surface area contributed by atoms with Crippen molar-refractivity contribution in [1.82, 2.24) is 10.2 Å². The molecule has 0 spiro atoms. The molecule has 4 nitrogen and oxygen atoms in total. The SMILES string of the molecule is O=C(O)NCCCN1CCCC1. The molecule has 12 heavy (non-hydrogen) atoms. The minimum absolute atomic E-state index is 0.575. The molecule has 1 aliphatic rings. The van der Waals surface area contributed by atoms with Crippen molar-refractivity contribution in [3.8, 4) is 0 Å². The summed E-state index contributed by atoms with van der Waals surface area (Å²) in [6, 6.07) is 0. The number of carbonyl (C=O) groups is 1. The second-order valence-corrected chi connectivity index (χ2v) is 3.13. The fourth-order valence-corrected chi connectivity index (χ4v) is 1.50. The van der Waals surface area contributed by atoms with E-state index in [4.69, 9.17) is 5.11 Å². The molecule has 1 fully saturated rings. The van der Waals surface area contributed by atoms with Gasteiger partial charge in [0.05, 0.1) is 0 Å². The van der Waals surface area contributed by atoms with Gasteiger partial charge < -0.3 is 15.3 Å². The van der Waals surface area contributed by atoms with Crippen LogP contribution in [0.5, 0.6) is 0 Å². The highest BCUT2D eigenvalue weighted by Gasteiger charge is 2.09. The van der Waals surface area contributed by atoms with E-state index >= 15 is 0 Å². The Balaban J connectivity index is 1.91. The second-order valence-electron chi connectivity index (χ2n) is 3.13. The average molecular weight is 172 g/mol. The van der Waals surface area contributed by atoms with Gasteiger partial charge in [0.2, 0.25) is 0 Å². The molecule has 4 heteroatoms. The Labute approximate surface area is 72.6 Å². The summed E-state index contributed by atoms with van der Waals surface area (Å²) in [6.45, 7) is 3.98. The van der Waals surface area contributed by atoms with Gasteiger partial charge in [-0.25, -0.2) is 4.79 Å². The summed E-state index contributed by atoms with van der Waals surface area (Å²) in [5, 5.41) is 10.6. The first kappa shape index (κ1) is 9.32. The van der Waals surface area contributed by atoms with Crippen molar-refractivity contribution in [1.29, 1.82) is 0 Å². The van der Waals surface area contributed by atoms with Crippen LogP contribution in [0.15, 0.2) is 0 Å². The summed E-state index contributed by atoms with van der Waals surface area (Å²) in [6.07, 6.45) is 2.60. The summed E-state index contributed by atoms with van der Waals surface area (Å²) < 4.78 is 0. The molecule has 0 saturated carbocycles. The molecule has 1 aliphatic heterocycles. The summed E-state index contributed by atoms with van der Waals surface area (Å²) >= 11 is 0. The third-order valence-electron chi connectivity index (χ3n) is 2.13. The molecule has 1 rings (SSSR count). The maximum absolute atomic E-state index is 10.1. The third kappa shape index (κ3) is 3.57. The van der Waals surface area contributed by atoms with E-state index in [2.05, 4.69) is 10.2 Å². The molecule has 0 aliphatic carbocycles. The number of hydrogen-bond acceptors (Lipinski definition) is 2. The zero-order chi connectivity index (χ0) is 8.81. The first-order valence-corrected chi connectivity index (χ1v) is 4.48. The molecule has 0 aromatic carbocycles. The van der Waals surface area contributed by atoms with E-state index in [0.29, 0.717) is 6.54 Å². The minimum atomic E-state index is -0.920. The average Bonchev–Trinajstić information content (AvgIpc) is 2.49. The largest absolute Gasteiger partial charge is 0.465 e. The number of nitrogens with one attached hydrogen (secondary N) is 1. The lowest BCUT2D eigenvalue weighted by Crippen LogP contribution is -2.27. The Hall–Kier alpha value is -0.770. The van der Waals surface area contributed by atoms with E-state index in [1.165, 1.54) is 25.9 Å². The molecule has 0 radical (unpaired) electrons. The fourth-order valence-electron chi connectivity index (χ4n) is 1.50. The van der Waals surface area contributed by atoms with E-state index in [1.807, 2.05) is 0 Å². The molecule has 0 bridgehead atoms. The van der Waals surface area contributed by atoms with Crippen LogP contribution in [0.2, 0.25) is 0 Å². The van der Waals surface area contributed by atoms with E-state index in [-0.39, 0.29) is 0 Å². The molecular weight excluding hydrogens is 156 g/mol. The van der Waals surface area contributed by atoms with Gasteiger partial charge in [0.1, 0.15) is 0 Å². The summed E-state index contributed by atoms with van der Waals surface area (Å²) in [5.41, 5.74) is 0. The van der Waals surface area contributed by atoms with Crippen molar-refractivity contribution in [2.45, 2.75) is 19.3 Å². The van der Waals surface area contributed by atoms with E-state index < -0.39 is 6.09 Å². The molecule has 0 unspecified atom stereocenters. The molecule has 70 valence electrons. The zero-order valence-corrected chi connectivity index (χ0v) is 7.25. The van der Waals surface area contributed by atoms with E-state index in [9.17, 15) is 4.79 Å². The van der Waals surface area contributed by atoms with Crippen molar-refractivity contribution >= 4 is 6.09 Å². The standard InChI is InChI=1S/C8H16N2O2/c11-8(12)9-4-3-7-10-5-1-2-6-10/h9H,1-7H2,(H,11,12). The molecule has 0 aromatic heterocycles. The lowest BCUT2D eigenvalue weighted by molar-refractivity contribution is 0.193. The van der Waals surface area contributed by atoms with Gasteiger partial charge in [-0.05, 0) is 38.9 Å². The zero-order valence-electron chi connectivity index (χ0n) is 7.25. The smallest absolute Gasteiger partial charge is 0.404 e. The van der Waals surface area contributed by atoms with Gasteiger partial charge in [0.25, 0.3) is 0 Å². The Bertz CT molecular complexity index is 144. The predicted octanol–water partition coefficient (Wildman–Crippen LogP) is 0.740. The first-order valence-electron chi connectivity index (χ1n) is 4.48. The molecule has 0 atom stereocenters. The van der Waals surface area contributed by atoms with Crippen molar-refractivity contribution < 1.29 is 9.90 Å². The third-order valence-corrected chi connectivity index (χ3v) is 2.13. The Kier molecular flexibility index (Phi) is 3.87. The van der Waals surface area contributed by atoms with Gasteiger partial charge in [-0.3, -0.25) is 0 Å². The van der Waals surface area contributed by atoms with Crippen LogP contribution in [0.3, 0.4) is 0 Å². The number of carboxylic acid groups (broad SMARTS) is 1. The highest BCUT2D eigenvalue weighted by atomic mass is 16.4. The van der Waals surface area contributed by atoms with E-state index in [0.717, 1.165) is 13.0 Å². The second kappa shape index (κ2) is 4.98. The molecule has 1 amide bonds. The number of hydrogen-bond donors (Lipinski definition) is 2. The number of amides is 1. The highest BCUT2D eigenvalue weighted by molar-refractivity contribution is 5.64. The van der Waals surface area contributed by atoms with Crippen LogP contribution in [-0.2, 0) is 0 Å². The Morgan fingerprint density at radius 3 is 2.67 bits per heavy atom. The molecule has 1 heterocycles. The number of rotatable bonds is 4. The normalized spacial score (nSPS) is 18.0. The lowest BCUT2D eigenvalue weighted by atomic mass is 10.4. The van der Waals surface area contributed by atoms with Crippen LogP contribution in [0.4, 0.5) is 4.79 Å². The van der Waals surface area contributed by atoms with Crippen LogP contribution in [-0.4, -0.2) is 42.3 Å². The van der Waals surface area contributed by atoms with E-state index in [1.54, 1.807) is 0 Å². The minimum Gasteiger partial charge on any atom is -0.465 e. The van der Waals surface area contributed by atoms with Gasteiger partial charge in [-0.1, -0.05) is 0 Å². The maximum atomic E-state index is 10.1. The van der Waals surface area contributed by atoms with Crippen molar-refractivity contribution in [2.24, 2.45) is 0 Å². The molecule has 2 N–H and O–H groups in total. The quantitative estimate of drug-likeness (QED) is 0.615. The summed E-state index contributed by atoms with van der Waals surface area (Å²) in [4.78, 5) is 12.4. The van der Waals surface area contributed by atoms with Crippen LogP contribution >= 0.6 is 0 Å². The number of likely N-dealkylation sites (tertiary alicyclic amines) is 1. The Morgan fingerprint density at radius 2 is 2.08 bits per heavy atom. The van der Waals surface area contributed by atoms with Crippen LogP contribution in [0.25, 0.3) is 0 Å².